The lowest BCUT2D eigenvalue weighted by atomic mass is 10.2. The Kier molecular flexibility index (Phi) is 6.40. The number of nitrogens with zero attached hydrogens (tertiary/aromatic N) is 2. The Morgan fingerprint density at radius 1 is 1.23 bits per heavy atom. The van der Waals surface area contributed by atoms with Gasteiger partial charge in [-0.2, -0.15) is 4.98 Å². The van der Waals surface area contributed by atoms with Gasteiger partial charge in [0, 0.05) is 15.8 Å². The number of amides is 1. The molecular weight excluding hydrogens is 421 g/mol. The number of halogens is 2. The van der Waals surface area contributed by atoms with Gasteiger partial charge in [0.15, 0.2) is 0 Å². The van der Waals surface area contributed by atoms with Crippen molar-refractivity contribution in [1.82, 2.24) is 15.5 Å². The van der Waals surface area contributed by atoms with Gasteiger partial charge in [0.05, 0.1) is 12.3 Å². The first-order chi connectivity index (χ1) is 12.6. The van der Waals surface area contributed by atoms with Gasteiger partial charge in [0.1, 0.15) is 5.82 Å². The van der Waals surface area contributed by atoms with Crippen LogP contribution >= 0.6 is 27.7 Å². The molecular formula is C18H15BrFN3O2S. The molecule has 8 heteroatoms. The minimum atomic E-state index is -0.258. The summed E-state index contributed by atoms with van der Waals surface area (Å²) in [5.74, 6) is 1.02. The number of carbonyl (C=O) groups excluding carboxylic acids is 1. The molecule has 1 aromatic heterocycles. The third-order valence-corrected chi connectivity index (χ3v) is 4.91. The highest BCUT2D eigenvalue weighted by molar-refractivity contribution is 9.10. The van der Waals surface area contributed by atoms with E-state index in [0.29, 0.717) is 23.0 Å². The van der Waals surface area contributed by atoms with Crippen molar-refractivity contribution in [3.63, 3.8) is 0 Å². The maximum atomic E-state index is 13.5. The molecule has 1 N–H and O–H groups in total. The van der Waals surface area contributed by atoms with E-state index in [1.54, 1.807) is 18.2 Å². The fourth-order valence-corrected chi connectivity index (χ4v) is 3.41. The summed E-state index contributed by atoms with van der Waals surface area (Å²) >= 11 is 4.74. The largest absolute Gasteiger partial charge is 0.346 e. The van der Waals surface area contributed by atoms with Crippen LogP contribution in [0.1, 0.15) is 11.5 Å². The van der Waals surface area contributed by atoms with Crippen molar-refractivity contribution in [2.45, 2.75) is 12.3 Å². The highest BCUT2D eigenvalue weighted by atomic mass is 79.9. The topological polar surface area (TPSA) is 68.0 Å². The predicted molar refractivity (Wildman–Crippen MR) is 102 cm³/mol. The second-order valence-corrected chi connectivity index (χ2v) is 7.28. The third-order valence-electron chi connectivity index (χ3n) is 3.44. The first-order valence-corrected chi connectivity index (χ1v) is 9.73. The first kappa shape index (κ1) is 18.6. The molecule has 0 radical (unpaired) electrons. The van der Waals surface area contributed by atoms with Crippen LogP contribution in [-0.2, 0) is 17.1 Å². The fraction of sp³-hybridized carbons (Fsp3) is 0.167. The lowest BCUT2D eigenvalue weighted by Crippen LogP contribution is -2.24. The van der Waals surface area contributed by atoms with Crippen LogP contribution in [0.4, 0.5) is 4.39 Å². The second-order valence-electron chi connectivity index (χ2n) is 5.38. The number of rotatable bonds is 7. The Bertz CT molecular complexity index is 903. The second kappa shape index (κ2) is 8.95. The molecule has 3 aromatic rings. The predicted octanol–water partition coefficient (Wildman–Crippen LogP) is 4.19. The van der Waals surface area contributed by atoms with E-state index in [2.05, 4.69) is 31.4 Å². The molecule has 0 bridgehead atoms. The number of nitrogens with one attached hydrogen (secondary N) is 1. The van der Waals surface area contributed by atoms with E-state index in [4.69, 9.17) is 4.52 Å². The molecule has 1 amide bonds. The highest BCUT2D eigenvalue weighted by Gasteiger charge is 2.10. The molecule has 0 atom stereocenters. The molecule has 0 aliphatic carbocycles. The van der Waals surface area contributed by atoms with Gasteiger partial charge in [-0.05, 0) is 23.8 Å². The summed E-state index contributed by atoms with van der Waals surface area (Å²) in [7, 11) is 0. The zero-order valence-electron chi connectivity index (χ0n) is 13.6. The molecule has 2 aromatic carbocycles. The minimum absolute atomic E-state index is 0.153. The van der Waals surface area contributed by atoms with E-state index >= 15 is 0 Å². The van der Waals surface area contributed by atoms with Crippen LogP contribution in [0.2, 0.25) is 0 Å². The molecule has 3 rings (SSSR count). The first-order valence-electron chi connectivity index (χ1n) is 7.78. The van der Waals surface area contributed by atoms with Crippen molar-refractivity contribution in [1.29, 1.82) is 0 Å². The quantitative estimate of drug-likeness (QED) is 0.602. The molecule has 5 nitrogen and oxygen atoms in total. The minimum Gasteiger partial charge on any atom is -0.346 e. The Morgan fingerprint density at radius 3 is 2.88 bits per heavy atom. The van der Waals surface area contributed by atoms with E-state index in [-0.39, 0.29) is 24.0 Å². The molecule has 1 heterocycles. The van der Waals surface area contributed by atoms with Gasteiger partial charge in [-0.3, -0.25) is 4.79 Å². The summed E-state index contributed by atoms with van der Waals surface area (Å²) in [5.41, 5.74) is 1.40. The fourth-order valence-electron chi connectivity index (χ4n) is 2.17. The third kappa shape index (κ3) is 5.15. The molecule has 0 spiro atoms. The molecule has 134 valence electrons. The van der Waals surface area contributed by atoms with Crippen LogP contribution in [0.3, 0.4) is 0 Å². The zero-order valence-corrected chi connectivity index (χ0v) is 16.0. The molecule has 0 fully saturated rings. The summed E-state index contributed by atoms with van der Waals surface area (Å²) in [6, 6.07) is 14.1. The lowest BCUT2D eigenvalue weighted by Gasteiger charge is -2.04. The Morgan fingerprint density at radius 2 is 2.08 bits per heavy atom. The lowest BCUT2D eigenvalue weighted by molar-refractivity contribution is -0.118. The monoisotopic (exact) mass is 435 g/mol. The van der Waals surface area contributed by atoms with Crippen molar-refractivity contribution in [2.24, 2.45) is 0 Å². The standard InChI is InChI=1S/C18H15BrFN3O2S/c19-14-6-3-5-12(8-14)18-22-17(25-23-18)9-21-16(24)11-26-10-13-4-1-2-7-15(13)20/h1-8H,9-11H2,(H,21,24). The summed E-state index contributed by atoms with van der Waals surface area (Å²) in [6.45, 7) is 0.153. The van der Waals surface area contributed by atoms with Crippen molar-refractivity contribution in [3.8, 4) is 11.4 Å². The maximum Gasteiger partial charge on any atom is 0.246 e. The van der Waals surface area contributed by atoms with Crippen LogP contribution in [0.5, 0.6) is 0 Å². The van der Waals surface area contributed by atoms with Crippen LogP contribution in [0, 0.1) is 5.82 Å². The number of carbonyl (C=O) groups is 1. The van der Waals surface area contributed by atoms with Gasteiger partial charge >= 0.3 is 0 Å². The van der Waals surface area contributed by atoms with Crippen LogP contribution in [0.15, 0.2) is 57.5 Å². The molecule has 0 saturated carbocycles. The van der Waals surface area contributed by atoms with E-state index in [9.17, 15) is 9.18 Å². The van der Waals surface area contributed by atoms with E-state index < -0.39 is 0 Å². The van der Waals surface area contributed by atoms with Gasteiger partial charge in [0.2, 0.25) is 17.6 Å². The number of thioether (sulfide) groups is 1. The average molecular weight is 436 g/mol. The van der Waals surface area contributed by atoms with Crippen LogP contribution in [0.25, 0.3) is 11.4 Å². The van der Waals surface area contributed by atoms with Gasteiger partial charge in [0.25, 0.3) is 0 Å². The maximum absolute atomic E-state index is 13.5. The van der Waals surface area contributed by atoms with Crippen LogP contribution < -0.4 is 5.32 Å². The van der Waals surface area contributed by atoms with E-state index in [1.807, 2.05) is 24.3 Å². The molecule has 26 heavy (non-hydrogen) atoms. The van der Waals surface area contributed by atoms with Crippen molar-refractivity contribution in [3.05, 3.63) is 70.3 Å². The SMILES string of the molecule is O=C(CSCc1ccccc1F)NCc1nc(-c2cccc(Br)c2)no1. The number of hydrogen-bond acceptors (Lipinski definition) is 5. The number of benzene rings is 2. The summed E-state index contributed by atoms with van der Waals surface area (Å²) in [5, 5.41) is 6.63. The summed E-state index contributed by atoms with van der Waals surface area (Å²) in [6.07, 6.45) is 0. The van der Waals surface area contributed by atoms with E-state index in [1.165, 1.54) is 17.8 Å². The van der Waals surface area contributed by atoms with Gasteiger partial charge < -0.3 is 9.84 Å². The number of aromatic nitrogens is 2. The van der Waals surface area contributed by atoms with Crippen molar-refractivity contribution < 1.29 is 13.7 Å². The highest BCUT2D eigenvalue weighted by Crippen LogP contribution is 2.20. The summed E-state index contributed by atoms with van der Waals surface area (Å²) in [4.78, 5) is 16.2. The molecule has 0 aliphatic heterocycles. The molecule has 0 saturated heterocycles. The van der Waals surface area contributed by atoms with Gasteiger partial charge in [-0.1, -0.05) is 51.4 Å². The van der Waals surface area contributed by atoms with Crippen molar-refractivity contribution in [2.75, 3.05) is 5.75 Å². The molecule has 0 unspecified atom stereocenters. The van der Waals surface area contributed by atoms with Crippen molar-refractivity contribution >= 4 is 33.6 Å². The Hall–Kier alpha value is -2.19. The number of hydrogen-bond donors (Lipinski definition) is 1. The van der Waals surface area contributed by atoms with E-state index in [0.717, 1.165) is 10.0 Å². The molecule has 0 aliphatic rings. The zero-order chi connectivity index (χ0) is 18.4. The average Bonchev–Trinajstić information content (AvgIpc) is 3.11. The van der Waals surface area contributed by atoms with Gasteiger partial charge in [-0.25, -0.2) is 4.39 Å². The Labute approximate surface area is 162 Å². The van der Waals surface area contributed by atoms with Crippen LogP contribution in [-0.4, -0.2) is 21.8 Å². The normalized spacial score (nSPS) is 10.7. The summed E-state index contributed by atoms with van der Waals surface area (Å²) < 4.78 is 19.6. The Balaban J connectivity index is 1.45. The smallest absolute Gasteiger partial charge is 0.246 e. The van der Waals surface area contributed by atoms with Gasteiger partial charge in [-0.15, -0.1) is 11.8 Å².